The van der Waals surface area contributed by atoms with Gasteiger partial charge in [-0.3, -0.25) is 4.79 Å². The zero-order valence-electron chi connectivity index (χ0n) is 13.7. The Balaban J connectivity index is 1.67. The molecule has 0 unspecified atom stereocenters. The minimum absolute atomic E-state index is 0.0708. The Hall–Kier alpha value is -1.37. The summed E-state index contributed by atoms with van der Waals surface area (Å²) in [6, 6.07) is 1.71. The van der Waals surface area contributed by atoms with Crippen molar-refractivity contribution in [1.82, 2.24) is 15.1 Å². The van der Waals surface area contributed by atoms with Crippen molar-refractivity contribution in [2.24, 2.45) is 11.7 Å². The minimum Gasteiger partial charge on any atom is -0.467 e. The third-order valence-corrected chi connectivity index (χ3v) is 4.24. The van der Waals surface area contributed by atoms with Gasteiger partial charge in [0.1, 0.15) is 12.0 Å². The Labute approximate surface area is 132 Å². The monoisotopic (exact) mass is 308 g/mol. The number of rotatable bonds is 7. The summed E-state index contributed by atoms with van der Waals surface area (Å²) in [4.78, 5) is 16.7. The number of nitrogens with one attached hydrogen (secondary N) is 1. The minimum atomic E-state index is -0.0708. The molecular formula is C16H28N4O2. The van der Waals surface area contributed by atoms with E-state index in [0.717, 1.165) is 45.6 Å². The van der Waals surface area contributed by atoms with E-state index in [1.54, 1.807) is 6.07 Å². The number of likely N-dealkylation sites (tertiary alicyclic amines) is 1. The Morgan fingerprint density at radius 2 is 2.18 bits per heavy atom. The molecule has 6 heteroatoms. The van der Waals surface area contributed by atoms with Crippen LogP contribution in [0, 0.1) is 5.92 Å². The maximum atomic E-state index is 12.0. The van der Waals surface area contributed by atoms with Crippen LogP contribution in [0.25, 0.3) is 0 Å². The summed E-state index contributed by atoms with van der Waals surface area (Å²) in [6.07, 6.45) is 3.77. The Morgan fingerprint density at radius 1 is 1.45 bits per heavy atom. The van der Waals surface area contributed by atoms with E-state index in [4.69, 9.17) is 10.2 Å². The molecule has 0 aromatic carbocycles. The molecule has 0 bridgehead atoms. The zero-order chi connectivity index (χ0) is 15.9. The maximum absolute atomic E-state index is 12.0. The van der Waals surface area contributed by atoms with Gasteiger partial charge in [0.05, 0.1) is 12.1 Å². The summed E-state index contributed by atoms with van der Waals surface area (Å²) in [7, 11) is 4.21. The molecule has 2 heterocycles. The third-order valence-electron chi connectivity index (χ3n) is 4.24. The van der Waals surface area contributed by atoms with Crippen molar-refractivity contribution in [3.05, 3.63) is 23.7 Å². The van der Waals surface area contributed by atoms with Crippen LogP contribution < -0.4 is 11.1 Å². The van der Waals surface area contributed by atoms with Gasteiger partial charge in [-0.1, -0.05) is 0 Å². The van der Waals surface area contributed by atoms with E-state index < -0.39 is 0 Å². The molecule has 2 rings (SSSR count). The second-order valence-electron chi connectivity index (χ2n) is 6.30. The number of likely N-dealkylation sites (N-methyl/N-ethyl adjacent to an activating group) is 1. The molecule has 0 atom stereocenters. The van der Waals surface area contributed by atoms with E-state index in [1.165, 1.54) is 6.26 Å². The van der Waals surface area contributed by atoms with Gasteiger partial charge in [-0.15, -0.1) is 0 Å². The smallest absolute Gasteiger partial charge is 0.254 e. The molecule has 22 heavy (non-hydrogen) atoms. The van der Waals surface area contributed by atoms with Crippen molar-refractivity contribution in [3.63, 3.8) is 0 Å². The van der Waals surface area contributed by atoms with Gasteiger partial charge in [0.25, 0.3) is 5.91 Å². The molecule has 1 saturated heterocycles. The first-order valence-corrected chi connectivity index (χ1v) is 8.01. The van der Waals surface area contributed by atoms with Gasteiger partial charge in [-0.05, 0) is 52.0 Å². The maximum Gasteiger partial charge on any atom is 0.254 e. The van der Waals surface area contributed by atoms with Crippen LogP contribution in [0.2, 0.25) is 0 Å². The highest BCUT2D eigenvalue weighted by Gasteiger charge is 2.20. The number of carbonyl (C=O) groups excluding carboxylic acids is 1. The lowest BCUT2D eigenvalue weighted by Gasteiger charge is -2.32. The van der Waals surface area contributed by atoms with Crippen molar-refractivity contribution in [2.45, 2.75) is 19.4 Å². The summed E-state index contributed by atoms with van der Waals surface area (Å²) in [5.74, 6) is 1.14. The van der Waals surface area contributed by atoms with Crippen LogP contribution in [0.5, 0.6) is 0 Å². The van der Waals surface area contributed by atoms with Crippen LogP contribution in [-0.2, 0) is 6.54 Å². The van der Waals surface area contributed by atoms with Crippen molar-refractivity contribution in [3.8, 4) is 0 Å². The molecule has 3 N–H and O–H groups in total. The van der Waals surface area contributed by atoms with Gasteiger partial charge >= 0.3 is 0 Å². The van der Waals surface area contributed by atoms with Gasteiger partial charge in [-0.25, -0.2) is 0 Å². The van der Waals surface area contributed by atoms with Crippen molar-refractivity contribution in [2.75, 3.05) is 46.8 Å². The molecule has 1 fully saturated rings. The van der Waals surface area contributed by atoms with E-state index >= 15 is 0 Å². The molecule has 1 aromatic rings. The summed E-state index contributed by atoms with van der Waals surface area (Å²) >= 11 is 0. The lowest BCUT2D eigenvalue weighted by Crippen LogP contribution is -2.41. The van der Waals surface area contributed by atoms with Crippen LogP contribution in [0.4, 0.5) is 0 Å². The zero-order valence-corrected chi connectivity index (χ0v) is 13.7. The average molecular weight is 308 g/mol. The SMILES string of the molecule is CN(C)CCN1CCC(CNC(=O)c2coc(CN)c2)CC1. The van der Waals surface area contributed by atoms with Crippen LogP contribution >= 0.6 is 0 Å². The van der Waals surface area contributed by atoms with Crippen LogP contribution in [0.3, 0.4) is 0 Å². The predicted molar refractivity (Wildman–Crippen MR) is 86.7 cm³/mol. The highest BCUT2D eigenvalue weighted by molar-refractivity contribution is 5.93. The van der Waals surface area contributed by atoms with Crippen LogP contribution in [0.15, 0.2) is 16.7 Å². The fraction of sp³-hybridized carbons (Fsp3) is 0.688. The highest BCUT2D eigenvalue weighted by atomic mass is 16.3. The number of piperidine rings is 1. The number of furan rings is 1. The first kappa shape index (κ1) is 17.0. The molecule has 0 spiro atoms. The van der Waals surface area contributed by atoms with Gasteiger partial charge in [0, 0.05) is 19.6 Å². The van der Waals surface area contributed by atoms with Crippen molar-refractivity contribution >= 4 is 5.91 Å². The Morgan fingerprint density at radius 3 is 2.77 bits per heavy atom. The van der Waals surface area contributed by atoms with Crippen molar-refractivity contribution in [1.29, 1.82) is 0 Å². The molecule has 1 aliphatic heterocycles. The molecule has 0 saturated carbocycles. The predicted octanol–water partition coefficient (Wildman–Crippen LogP) is 0.742. The standard InChI is InChI=1S/C16H28N4O2/c1-19(2)7-8-20-5-3-13(4-6-20)11-18-16(21)14-9-15(10-17)22-12-14/h9,12-13H,3-8,10-11,17H2,1-2H3,(H,18,21). The molecule has 1 aromatic heterocycles. The molecule has 0 aliphatic carbocycles. The van der Waals surface area contributed by atoms with Gasteiger partial charge < -0.3 is 25.3 Å². The van der Waals surface area contributed by atoms with Crippen LogP contribution in [-0.4, -0.2) is 62.5 Å². The second kappa shape index (κ2) is 8.31. The average Bonchev–Trinajstić information content (AvgIpc) is 3.00. The summed E-state index contributed by atoms with van der Waals surface area (Å²) in [5.41, 5.74) is 6.04. The number of nitrogens with two attached hydrogens (primary N) is 1. The first-order chi connectivity index (χ1) is 10.6. The Bertz CT molecular complexity index is 464. The molecular weight excluding hydrogens is 280 g/mol. The Kier molecular flexibility index (Phi) is 6.42. The number of nitrogens with zero attached hydrogens (tertiary/aromatic N) is 2. The quantitative estimate of drug-likeness (QED) is 0.777. The third kappa shape index (κ3) is 5.12. The number of amides is 1. The van der Waals surface area contributed by atoms with E-state index in [9.17, 15) is 4.79 Å². The van der Waals surface area contributed by atoms with Gasteiger partial charge in [0.2, 0.25) is 0 Å². The number of hydrogen-bond acceptors (Lipinski definition) is 5. The largest absolute Gasteiger partial charge is 0.467 e. The lowest BCUT2D eigenvalue weighted by molar-refractivity contribution is 0.0934. The fourth-order valence-electron chi connectivity index (χ4n) is 2.70. The van der Waals surface area contributed by atoms with Gasteiger partial charge in [0.15, 0.2) is 0 Å². The summed E-state index contributed by atoms with van der Waals surface area (Å²) in [5, 5.41) is 3.00. The molecule has 6 nitrogen and oxygen atoms in total. The molecule has 124 valence electrons. The normalized spacial score (nSPS) is 17.1. The van der Waals surface area contributed by atoms with Crippen molar-refractivity contribution < 1.29 is 9.21 Å². The molecule has 1 amide bonds. The second-order valence-corrected chi connectivity index (χ2v) is 6.30. The molecule has 1 aliphatic rings. The van der Waals surface area contributed by atoms with E-state index in [-0.39, 0.29) is 5.91 Å². The number of carbonyl (C=O) groups is 1. The summed E-state index contributed by atoms with van der Waals surface area (Å²) in [6.45, 7) is 5.53. The fourth-order valence-corrected chi connectivity index (χ4v) is 2.70. The highest BCUT2D eigenvalue weighted by Crippen LogP contribution is 2.16. The topological polar surface area (TPSA) is 74.7 Å². The van der Waals surface area contributed by atoms with E-state index in [2.05, 4.69) is 29.2 Å². The number of hydrogen-bond donors (Lipinski definition) is 2. The van der Waals surface area contributed by atoms with E-state index in [0.29, 0.717) is 23.8 Å². The first-order valence-electron chi connectivity index (χ1n) is 8.01. The van der Waals surface area contributed by atoms with Crippen LogP contribution in [0.1, 0.15) is 29.0 Å². The van der Waals surface area contributed by atoms with Gasteiger partial charge in [-0.2, -0.15) is 0 Å². The molecule has 0 radical (unpaired) electrons. The van der Waals surface area contributed by atoms with E-state index in [1.807, 2.05) is 0 Å². The summed E-state index contributed by atoms with van der Waals surface area (Å²) < 4.78 is 5.19. The lowest BCUT2D eigenvalue weighted by atomic mass is 9.96.